The van der Waals surface area contributed by atoms with Gasteiger partial charge < -0.3 is 4.90 Å². The van der Waals surface area contributed by atoms with E-state index in [0.717, 1.165) is 12.1 Å². The van der Waals surface area contributed by atoms with Crippen LogP contribution in [0, 0.1) is 0 Å². The molecule has 0 radical (unpaired) electrons. The fraction of sp³-hybridized carbons (Fsp3) is 0.222. The molecule has 3 heterocycles. The standard InChI is InChI=1S/C18H14F3N5O2S/c1-10-9-25(12-4-2-11(3-5-12)18(19,20)21)16(28)14-13(8-23-26(10)14)15(27)24-17-22-6-7-29-17/h2-8,10H,9H2,1H3,(H,22,24,27)/t10-/m0/s1. The molecule has 1 aliphatic rings. The summed E-state index contributed by atoms with van der Waals surface area (Å²) in [6, 6.07) is 4.07. The van der Waals surface area contributed by atoms with Gasteiger partial charge in [-0.05, 0) is 31.2 Å². The molecule has 11 heteroatoms. The molecule has 0 unspecified atom stereocenters. The Bertz CT molecular complexity index is 1060. The number of carbonyl (C=O) groups is 2. The van der Waals surface area contributed by atoms with E-state index in [2.05, 4.69) is 15.4 Å². The minimum absolute atomic E-state index is 0.0775. The van der Waals surface area contributed by atoms with Crippen LogP contribution in [0.5, 0.6) is 0 Å². The summed E-state index contributed by atoms with van der Waals surface area (Å²) in [5, 5.41) is 8.84. The zero-order chi connectivity index (χ0) is 20.8. The number of rotatable bonds is 3. The molecule has 150 valence electrons. The van der Waals surface area contributed by atoms with Gasteiger partial charge in [0.2, 0.25) is 0 Å². The van der Waals surface area contributed by atoms with E-state index in [4.69, 9.17) is 0 Å². The largest absolute Gasteiger partial charge is 0.416 e. The molecule has 0 aliphatic carbocycles. The van der Waals surface area contributed by atoms with Gasteiger partial charge in [-0.2, -0.15) is 18.3 Å². The van der Waals surface area contributed by atoms with Crippen molar-refractivity contribution >= 4 is 34.0 Å². The minimum Gasteiger partial charge on any atom is -0.305 e. The molecule has 0 bridgehead atoms. The number of halogens is 3. The van der Waals surface area contributed by atoms with Crippen LogP contribution < -0.4 is 10.2 Å². The first-order chi connectivity index (χ1) is 13.8. The fourth-order valence-electron chi connectivity index (χ4n) is 3.13. The first-order valence-corrected chi connectivity index (χ1v) is 9.41. The summed E-state index contributed by atoms with van der Waals surface area (Å²) < 4.78 is 39.9. The molecule has 29 heavy (non-hydrogen) atoms. The lowest BCUT2D eigenvalue weighted by atomic mass is 10.1. The highest BCUT2D eigenvalue weighted by atomic mass is 32.1. The lowest BCUT2D eigenvalue weighted by molar-refractivity contribution is -0.137. The third-order valence-electron chi connectivity index (χ3n) is 4.51. The molecular formula is C18H14F3N5O2S. The molecule has 1 atom stereocenters. The molecule has 2 aromatic heterocycles. The number of nitrogens with zero attached hydrogens (tertiary/aromatic N) is 4. The van der Waals surface area contributed by atoms with Crippen LogP contribution in [-0.2, 0) is 6.18 Å². The Hall–Kier alpha value is -3.21. The number of fused-ring (bicyclic) bond motifs is 1. The van der Waals surface area contributed by atoms with Crippen LogP contribution in [0.1, 0.15) is 39.4 Å². The van der Waals surface area contributed by atoms with Crippen LogP contribution in [0.2, 0.25) is 0 Å². The lowest BCUT2D eigenvalue weighted by Crippen LogP contribution is -2.43. The summed E-state index contributed by atoms with van der Waals surface area (Å²) in [7, 11) is 0. The van der Waals surface area contributed by atoms with Crippen LogP contribution in [0.25, 0.3) is 0 Å². The number of benzene rings is 1. The predicted octanol–water partition coefficient (Wildman–Crippen LogP) is 3.83. The fourth-order valence-corrected chi connectivity index (χ4v) is 3.65. The summed E-state index contributed by atoms with van der Waals surface area (Å²) in [6.45, 7) is 2.02. The highest BCUT2D eigenvalue weighted by molar-refractivity contribution is 7.13. The van der Waals surface area contributed by atoms with Gasteiger partial charge in [0.1, 0.15) is 5.69 Å². The highest BCUT2D eigenvalue weighted by Gasteiger charge is 2.36. The second kappa shape index (κ2) is 6.99. The van der Waals surface area contributed by atoms with Gasteiger partial charge in [-0.15, -0.1) is 11.3 Å². The third kappa shape index (κ3) is 3.48. The normalized spacial score (nSPS) is 16.6. The number of hydrogen-bond donors (Lipinski definition) is 1. The molecule has 7 nitrogen and oxygen atoms in total. The summed E-state index contributed by atoms with van der Waals surface area (Å²) in [5.74, 6) is -1.04. The van der Waals surface area contributed by atoms with Crippen molar-refractivity contribution in [2.24, 2.45) is 0 Å². The molecular weight excluding hydrogens is 407 g/mol. The molecule has 0 saturated heterocycles. The number of aromatic nitrogens is 3. The maximum Gasteiger partial charge on any atom is 0.416 e. The predicted molar refractivity (Wildman–Crippen MR) is 100 cm³/mol. The average molecular weight is 421 g/mol. The van der Waals surface area contributed by atoms with Gasteiger partial charge in [0.05, 0.1) is 23.4 Å². The number of thiazole rings is 1. The van der Waals surface area contributed by atoms with Gasteiger partial charge in [-0.1, -0.05) is 0 Å². The molecule has 2 amide bonds. The smallest absolute Gasteiger partial charge is 0.305 e. The average Bonchev–Trinajstić information content (AvgIpc) is 3.34. The monoisotopic (exact) mass is 421 g/mol. The van der Waals surface area contributed by atoms with E-state index in [1.807, 2.05) is 6.92 Å². The Kier molecular flexibility index (Phi) is 4.61. The minimum atomic E-state index is -4.46. The maximum atomic E-state index is 13.1. The van der Waals surface area contributed by atoms with Gasteiger partial charge in [-0.3, -0.25) is 19.6 Å². The van der Waals surface area contributed by atoms with Gasteiger partial charge in [0, 0.05) is 23.8 Å². The second-order valence-electron chi connectivity index (χ2n) is 6.45. The SMILES string of the molecule is C[C@H]1CN(c2ccc(C(F)(F)F)cc2)C(=O)c2c(C(=O)Nc3nccs3)cnn21. The van der Waals surface area contributed by atoms with E-state index < -0.39 is 23.6 Å². The Labute approximate surface area is 166 Å². The van der Waals surface area contributed by atoms with Crippen LogP contribution in [-0.4, -0.2) is 33.1 Å². The van der Waals surface area contributed by atoms with Crippen molar-refractivity contribution in [1.29, 1.82) is 0 Å². The summed E-state index contributed by atoms with van der Waals surface area (Å²) >= 11 is 1.23. The van der Waals surface area contributed by atoms with Crippen LogP contribution in [0.4, 0.5) is 24.0 Å². The molecule has 1 N–H and O–H groups in total. The van der Waals surface area contributed by atoms with Gasteiger partial charge in [0.15, 0.2) is 5.13 Å². The van der Waals surface area contributed by atoms with Crippen molar-refractivity contribution in [3.8, 4) is 0 Å². The molecule has 0 saturated carbocycles. The molecule has 1 aromatic carbocycles. The first-order valence-electron chi connectivity index (χ1n) is 8.53. The van der Waals surface area contributed by atoms with E-state index in [0.29, 0.717) is 10.8 Å². The van der Waals surface area contributed by atoms with Crippen molar-refractivity contribution in [1.82, 2.24) is 14.8 Å². The molecule has 1 aliphatic heterocycles. The van der Waals surface area contributed by atoms with Gasteiger partial charge in [0.25, 0.3) is 11.8 Å². The second-order valence-corrected chi connectivity index (χ2v) is 7.35. The first kappa shape index (κ1) is 19.1. The van der Waals surface area contributed by atoms with Crippen LogP contribution >= 0.6 is 11.3 Å². The number of carbonyl (C=O) groups excluding carboxylic acids is 2. The quantitative estimate of drug-likeness (QED) is 0.697. The number of nitrogens with one attached hydrogen (secondary N) is 1. The van der Waals surface area contributed by atoms with Crippen molar-refractivity contribution in [3.05, 3.63) is 58.9 Å². The molecule has 3 aromatic rings. The van der Waals surface area contributed by atoms with Crippen LogP contribution in [0.15, 0.2) is 42.0 Å². The van der Waals surface area contributed by atoms with Crippen molar-refractivity contribution < 1.29 is 22.8 Å². The Balaban J connectivity index is 1.66. The number of amides is 2. The lowest BCUT2D eigenvalue weighted by Gasteiger charge is -2.32. The highest BCUT2D eigenvalue weighted by Crippen LogP contribution is 2.33. The maximum absolute atomic E-state index is 13.1. The number of anilines is 2. The van der Waals surface area contributed by atoms with Crippen molar-refractivity contribution in [3.63, 3.8) is 0 Å². The summed E-state index contributed by atoms with van der Waals surface area (Å²) in [4.78, 5) is 31.0. The van der Waals surface area contributed by atoms with Crippen molar-refractivity contribution in [2.45, 2.75) is 19.1 Å². The Morgan fingerprint density at radius 1 is 1.28 bits per heavy atom. The van der Waals surface area contributed by atoms with E-state index in [9.17, 15) is 22.8 Å². The summed E-state index contributed by atoms with van der Waals surface area (Å²) in [6.07, 6.45) is -1.62. The van der Waals surface area contributed by atoms with Crippen molar-refractivity contribution in [2.75, 3.05) is 16.8 Å². The van der Waals surface area contributed by atoms with Gasteiger partial charge >= 0.3 is 6.18 Å². The zero-order valence-corrected chi connectivity index (χ0v) is 15.8. The molecule has 0 fully saturated rings. The zero-order valence-electron chi connectivity index (χ0n) is 15.0. The van der Waals surface area contributed by atoms with E-state index >= 15 is 0 Å². The number of alkyl halides is 3. The van der Waals surface area contributed by atoms with E-state index in [1.54, 1.807) is 5.38 Å². The third-order valence-corrected chi connectivity index (χ3v) is 5.20. The molecule has 4 rings (SSSR count). The van der Waals surface area contributed by atoms with E-state index in [-0.39, 0.29) is 23.8 Å². The topological polar surface area (TPSA) is 80.1 Å². The Morgan fingerprint density at radius 2 is 2.00 bits per heavy atom. The van der Waals surface area contributed by atoms with Crippen LogP contribution in [0.3, 0.4) is 0 Å². The Morgan fingerprint density at radius 3 is 2.62 bits per heavy atom. The van der Waals surface area contributed by atoms with Gasteiger partial charge in [-0.25, -0.2) is 4.98 Å². The summed E-state index contributed by atoms with van der Waals surface area (Å²) in [5.41, 5.74) is -0.327. The molecule has 0 spiro atoms. The van der Waals surface area contributed by atoms with E-state index in [1.165, 1.54) is 45.4 Å². The number of hydrogen-bond acceptors (Lipinski definition) is 5.